The first-order chi connectivity index (χ1) is 9.42. The molecule has 2 rings (SSSR count). The van der Waals surface area contributed by atoms with E-state index < -0.39 is 10.5 Å². The summed E-state index contributed by atoms with van der Waals surface area (Å²) < 4.78 is 0. The summed E-state index contributed by atoms with van der Waals surface area (Å²) in [5.41, 5.74) is -0.840. The molecule has 1 saturated heterocycles. The Morgan fingerprint density at radius 2 is 2.19 bits per heavy atom. The number of rotatable bonds is 3. The van der Waals surface area contributed by atoms with Crippen molar-refractivity contribution in [3.63, 3.8) is 0 Å². The van der Waals surface area contributed by atoms with Crippen molar-refractivity contribution >= 4 is 29.7 Å². The summed E-state index contributed by atoms with van der Waals surface area (Å²) in [7, 11) is 0. The predicted molar refractivity (Wildman–Crippen MR) is 80.9 cm³/mol. The molecular formula is C13H18ClN3O4. The van der Waals surface area contributed by atoms with Crippen LogP contribution in [0.15, 0.2) is 18.2 Å². The normalized spacial score (nSPS) is 21.2. The molecule has 21 heavy (non-hydrogen) atoms. The van der Waals surface area contributed by atoms with E-state index in [9.17, 15) is 20.0 Å². The quantitative estimate of drug-likeness (QED) is 0.450. The Hall–Kier alpha value is -1.86. The number of aromatic hydroxyl groups is 1. The number of piperidine rings is 1. The van der Waals surface area contributed by atoms with E-state index in [-0.39, 0.29) is 35.4 Å². The first-order valence-corrected chi connectivity index (χ1v) is 6.46. The van der Waals surface area contributed by atoms with Gasteiger partial charge < -0.3 is 15.7 Å². The summed E-state index contributed by atoms with van der Waals surface area (Å²) in [6, 6.07) is 3.54. The van der Waals surface area contributed by atoms with Gasteiger partial charge in [-0.2, -0.15) is 0 Å². The van der Waals surface area contributed by atoms with Gasteiger partial charge in [-0.25, -0.2) is 0 Å². The van der Waals surface area contributed by atoms with Crippen LogP contribution >= 0.6 is 12.4 Å². The number of nitro groups is 1. The highest BCUT2D eigenvalue weighted by molar-refractivity contribution is 5.99. The molecule has 1 fully saturated rings. The summed E-state index contributed by atoms with van der Waals surface area (Å²) in [4.78, 5) is 22.4. The second-order valence-electron chi connectivity index (χ2n) is 5.13. The number of nitro benzene ring substituents is 1. The van der Waals surface area contributed by atoms with Crippen molar-refractivity contribution in [2.24, 2.45) is 0 Å². The third-order valence-electron chi connectivity index (χ3n) is 3.56. The SMILES string of the molecule is CC1(C(=O)Nc2cc([N+](=O)[O-])ccc2O)CCCCN1.Cl. The van der Waals surface area contributed by atoms with Crippen molar-refractivity contribution < 1.29 is 14.8 Å². The van der Waals surface area contributed by atoms with E-state index in [1.165, 1.54) is 12.1 Å². The van der Waals surface area contributed by atoms with E-state index in [2.05, 4.69) is 10.6 Å². The van der Waals surface area contributed by atoms with Crippen molar-refractivity contribution in [2.75, 3.05) is 11.9 Å². The van der Waals surface area contributed by atoms with Crippen LogP contribution in [-0.4, -0.2) is 28.0 Å². The number of carbonyl (C=O) groups is 1. The number of amides is 1. The molecule has 1 aliphatic rings. The van der Waals surface area contributed by atoms with Crippen LogP contribution in [0.2, 0.25) is 0 Å². The number of nitrogens with one attached hydrogen (secondary N) is 2. The van der Waals surface area contributed by atoms with Gasteiger partial charge in [0, 0.05) is 12.1 Å². The van der Waals surface area contributed by atoms with E-state index in [1.54, 1.807) is 6.92 Å². The van der Waals surface area contributed by atoms with Crippen molar-refractivity contribution in [1.82, 2.24) is 5.32 Å². The Morgan fingerprint density at radius 1 is 1.48 bits per heavy atom. The van der Waals surface area contributed by atoms with Crippen molar-refractivity contribution in [2.45, 2.75) is 31.7 Å². The Labute approximate surface area is 128 Å². The van der Waals surface area contributed by atoms with Gasteiger partial charge in [0.25, 0.3) is 5.69 Å². The third kappa shape index (κ3) is 3.83. The van der Waals surface area contributed by atoms with E-state index in [4.69, 9.17) is 0 Å². The molecule has 1 aromatic carbocycles. The van der Waals surface area contributed by atoms with Crippen LogP contribution in [-0.2, 0) is 4.79 Å². The van der Waals surface area contributed by atoms with Crippen LogP contribution in [0.4, 0.5) is 11.4 Å². The molecule has 1 atom stereocenters. The van der Waals surface area contributed by atoms with Crippen molar-refractivity contribution in [3.8, 4) is 5.75 Å². The molecule has 0 saturated carbocycles. The third-order valence-corrected chi connectivity index (χ3v) is 3.56. The fraction of sp³-hybridized carbons (Fsp3) is 0.462. The second kappa shape index (κ2) is 6.73. The fourth-order valence-corrected chi connectivity index (χ4v) is 2.25. The summed E-state index contributed by atoms with van der Waals surface area (Å²) in [6.07, 6.45) is 2.65. The number of phenolic OH excluding ortho intramolecular Hbond substituents is 1. The highest BCUT2D eigenvalue weighted by atomic mass is 35.5. The fourth-order valence-electron chi connectivity index (χ4n) is 2.25. The maximum absolute atomic E-state index is 12.3. The molecule has 1 unspecified atom stereocenters. The maximum Gasteiger partial charge on any atom is 0.271 e. The number of phenols is 1. The first-order valence-electron chi connectivity index (χ1n) is 6.46. The lowest BCUT2D eigenvalue weighted by Crippen LogP contribution is -2.54. The summed E-state index contributed by atoms with van der Waals surface area (Å²) in [5.74, 6) is -0.489. The number of hydrogen-bond donors (Lipinski definition) is 3. The van der Waals surface area contributed by atoms with Gasteiger partial charge in [0.05, 0.1) is 16.1 Å². The van der Waals surface area contributed by atoms with Gasteiger partial charge in [-0.05, 0) is 38.8 Å². The summed E-state index contributed by atoms with van der Waals surface area (Å²) in [5, 5.41) is 26.1. The minimum absolute atomic E-state index is 0. The van der Waals surface area contributed by atoms with Crippen molar-refractivity contribution in [3.05, 3.63) is 28.3 Å². The highest BCUT2D eigenvalue weighted by Gasteiger charge is 2.34. The van der Waals surface area contributed by atoms with Gasteiger partial charge in [-0.15, -0.1) is 12.4 Å². The largest absolute Gasteiger partial charge is 0.506 e. The zero-order chi connectivity index (χ0) is 14.8. The number of anilines is 1. The molecule has 0 aliphatic carbocycles. The average Bonchev–Trinajstić information content (AvgIpc) is 2.41. The molecular weight excluding hydrogens is 298 g/mol. The second-order valence-corrected chi connectivity index (χ2v) is 5.13. The van der Waals surface area contributed by atoms with E-state index >= 15 is 0 Å². The number of halogens is 1. The molecule has 1 amide bonds. The van der Waals surface area contributed by atoms with Crippen LogP contribution in [0, 0.1) is 10.1 Å². The number of carbonyl (C=O) groups excluding carboxylic acids is 1. The van der Waals surface area contributed by atoms with E-state index in [0.717, 1.165) is 25.5 Å². The monoisotopic (exact) mass is 315 g/mol. The van der Waals surface area contributed by atoms with Gasteiger partial charge >= 0.3 is 0 Å². The topological polar surface area (TPSA) is 104 Å². The minimum atomic E-state index is -0.713. The Kier molecular flexibility index (Phi) is 5.51. The molecule has 8 heteroatoms. The van der Waals surface area contributed by atoms with Crippen LogP contribution < -0.4 is 10.6 Å². The zero-order valence-corrected chi connectivity index (χ0v) is 12.4. The smallest absolute Gasteiger partial charge is 0.271 e. The highest BCUT2D eigenvalue weighted by Crippen LogP contribution is 2.29. The molecule has 7 nitrogen and oxygen atoms in total. The predicted octanol–water partition coefficient (Wildman–Crippen LogP) is 2.19. The number of nitrogens with zero attached hydrogens (tertiary/aromatic N) is 1. The zero-order valence-electron chi connectivity index (χ0n) is 11.6. The Bertz CT molecular complexity index is 544. The summed E-state index contributed by atoms with van der Waals surface area (Å²) >= 11 is 0. The average molecular weight is 316 g/mol. The molecule has 0 aromatic heterocycles. The van der Waals surface area contributed by atoms with Crippen molar-refractivity contribution in [1.29, 1.82) is 0 Å². The van der Waals surface area contributed by atoms with Gasteiger partial charge in [0.15, 0.2) is 0 Å². The van der Waals surface area contributed by atoms with Gasteiger partial charge in [0.2, 0.25) is 5.91 Å². The number of benzene rings is 1. The van der Waals surface area contributed by atoms with Gasteiger partial charge in [0.1, 0.15) is 5.75 Å². The molecule has 0 bridgehead atoms. The molecule has 0 spiro atoms. The Balaban J connectivity index is 0.00000220. The van der Waals surface area contributed by atoms with Gasteiger partial charge in [-0.3, -0.25) is 14.9 Å². The summed E-state index contributed by atoms with van der Waals surface area (Å²) in [6.45, 7) is 2.54. The number of hydrogen-bond acceptors (Lipinski definition) is 5. The van der Waals surface area contributed by atoms with Crippen LogP contribution in [0.1, 0.15) is 26.2 Å². The molecule has 116 valence electrons. The van der Waals surface area contributed by atoms with Crippen LogP contribution in [0.3, 0.4) is 0 Å². The molecule has 1 heterocycles. The van der Waals surface area contributed by atoms with Crippen LogP contribution in [0.5, 0.6) is 5.75 Å². The standard InChI is InChI=1S/C13H17N3O4.ClH/c1-13(6-2-3-7-14-13)12(18)15-10-8-9(16(19)20)4-5-11(10)17;/h4-5,8,14,17H,2-3,6-7H2,1H3,(H,15,18);1H. The maximum atomic E-state index is 12.3. The lowest BCUT2D eigenvalue weighted by atomic mass is 9.90. The van der Waals surface area contributed by atoms with Crippen LogP contribution in [0.25, 0.3) is 0 Å². The van der Waals surface area contributed by atoms with Gasteiger partial charge in [-0.1, -0.05) is 0 Å². The Morgan fingerprint density at radius 3 is 2.76 bits per heavy atom. The minimum Gasteiger partial charge on any atom is -0.506 e. The number of non-ortho nitro benzene ring substituents is 1. The lowest BCUT2D eigenvalue weighted by Gasteiger charge is -2.33. The van der Waals surface area contributed by atoms with E-state index in [1.807, 2.05) is 0 Å². The van der Waals surface area contributed by atoms with E-state index in [0.29, 0.717) is 6.42 Å². The molecule has 1 aliphatic heterocycles. The molecule has 0 radical (unpaired) electrons. The first kappa shape index (κ1) is 17.2. The molecule has 1 aromatic rings. The molecule has 3 N–H and O–H groups in total. The lowest BCUT2D eigenvalue weighted by molar-refractivity contribution is -0.384.